The van der Waals surface area contributed by atoms with Crippen molar-refractivity contribution in [1.29, 1.82) is 0 Å². The summed E-state index contributed by atoms with van der Waals surface area (Å²) in [5.74, 6) is -0.529. The highest BCUT2D eigenvalue weighted by atomic mass is 16.6. The van der Waals surface area contributed by atoms with Crippen molar-refractivity contribution in [3.8, 4) is 0 Å². The Kier molecular flexibility index (Phi) is 5.38. The molecule has 1 aromatic carbocycles. The van der Waals surface area contributed by atoms with Crippen molar-refractivity contribution in [2.24, 2.45) is 5.92 Å². The number of nitro benzene ring substituents is 1. The summed E-state index contributed by atoms with van der Waals surface area (Å²) in [5, 5.41) is 10.8. The second-order valence-corrected chi connectivity index (χ2v) is 6.08. The van der Waals surface area contributed by atoms with E-state index in [-0.39, 0.29) is 22.8 Å². The summed E-state index contributed by atoms with van der Waals surface area (Å²) in [7, 11) is 0. The maximum absolute atomic E-state index is 12.3. The van der Waals surface area contributed by atoms with Crippen LogP contribution in [-0.2, 0) is 9.53 Å². The molecule has 2 N–H and O–H groups in total. The third kappa shape index (κ3) is 4.01. The number of nitrogens with two attached hydrogens (primary N) is 1. The maximum Gasteiger partial charge on any atom is 0.341 e. The molecule has 1 aromatic rings. The number of non-ortho nitro benzene ring substituents is 1. The van der Waals surface area contributed by atoms with Crippen molar-refractivity contribution < 1.29 is 19.2 Å². The van der Waals surface area contributed by atoms with Crippen LogP contribution in [0.3, 0.4) is 0 Å². The quantitative estimate of drug-likeness (QED) is 0.389. The molecule has 1 atom stereocenters. The summed E-state index contributed by atoms with van der Waals surface area (Å²) in [6.07, 6.45) is 0.874. The lowest BCUT2D eigenvalue weighted by atomic mass is 9.99. The molecule has 8 heteroatoms. The van der Waals surface area contributed by atoms with Gasteiger partial charge >= 0.3 is 5.97 Å². The van der Waals surface area contributed by atoms with Gasteiger partial charge in [-0.25, -0.2) is 4.79 Å². The van der Waals surface area contributed by atoms with Gasteiger partial charge < -0.3 is 15.4 Å². The molecule has 8 nitrogen and oxygen atoms in total. The van der Waals surface area contributed by atoms with Crippen molar-refractivity contribution >= 4 is 23.3 Å². The molecular weight excluding hydrogens is 314 g/mol. The molecule has 0 aliphatic carbocycles. The first kappa shape index (κ1) is 17.7. The summed E-state index contributed by atoms with van der Waals surface area (Å²) >= 11 is 0. The second-order valence-electron chi connectivity index (χ2n) is 6.08. The minimum absolute atomic E-state index is 0.0667. The van der Waals surface area contributed by atoms with E-state index in [1.807, 2.05) is 0 Å². The molecule has 2 rings (SSSR count). The smallest absolute Gasteiger partial charge is 0.341 e. The lowest BCUT2D eigenvalue weighted by Crippen LogP contribution is -2.44. The first-order valence-corrected chi connectivity index (χ1v) is 7.83. The van der Waals surface area contributed by atoms with Gasteiger partial charge in [0.2, 0.25) is 0 Å². The number of hydrogen-bond acceptors (Lipinski definition) is 6. The molecule has 0 unspecified atom stereocenters. The number of nitro groups is 1. The van der Waals surface area contributed by atoms with E-state index in [1.54, 1.807) is 4.90 Å². The van der Waals surface area contributed by atoms with Gasteiger partial charge in [-0.3, -0.25) is 14.9 Å². The van der Waals surface area contributed by atoms with E-state index in [2.05, 4.69) is 6.92 Å². The number of benzene rings is 1. The van der Waals surface area contributed by atoms with Crippen LogP contribution in [0.25, 0.3) is 0 Å². The van der Waals surface area contributed by atoms with Crippen molar-refractivity contribution in [3.63, 3.8) is 0 Å². The molecule has 1 heterocycles. The number of ether oxygens (including phenoxy) is 1. The monoisotopic (exact) mass is 335 g/mol. The Morgan fingerprint density at radius 1 is 1.38 bits per heavy atom. The third-order valence-corrected chi connectivity index (χ3v) is 4.19. The fraction of sp³-hybridized carbons (Fsp3) is 0.500. The van der Waals surface area contributed by atoms with Crippen LogP contribution in [0.4, 0.5) is 11.4 Å². The molecule has 0 spiro atoms. The second kappa shape index (κ2) is 7.29. The van der Waals surface area contributed by atoms with Crippen LogP contribution >= 0.6 is 0 Å². The number of piperidine rings is 1. The van der Waals surface area contributed by atoms with Gasteiger partial charge in [-0.2, -0.15) is 0 Å². The van der Waals surface area contributed by atoms with Crippen molar-refractivity contribution in [2.45, 2.75) is 32.8 Å². The fourth-order valence-corrected chi connectivity index (χ4v) is 2.60. The predicted molar refractivity (Wildman–Crippen MR) is 87.4 cm³/mol. The van der Waals surface area contributed by atoms with Gasteiger partial charge in [-0.1, -0.05) is 6.92 Å². The highest BCUT2D eigenvalue weighted by molar-refractivity contribution is 5.97. The van der Waals surface area contributed by atoms with Gasteiger partial charge in [0.1, 0.15) is 0 Å². The number of hydrogen-bond donors (Lipinski definition) is 1. The highest BCUT2D eigenvalue weighted by Crippen LogP contribution is 2.22. The number of anilines is 1. The number of esters is 1. The molecule has 0 aromatic heterocycles. The molecular formula is C16H21N3O5. The van der Waals surface area contributed by atoms with E-state index in [0.717, 1.165) is 18.9 Å². The van der Waals surface area contributed by atoms with Gasteiger partial charge in [-0.05, 0) is 31.7 Å². The number of amides is 1. The summed E-state index contributed by atoms with van der Waals surface area (Å²) in [6, 6.07) is 3.53. The standard InChI is InChI=1S/C16H21N3O5/c1-10-5-7-18(8-6-10)15(20)11(2)24-16(21)13-9-12(19(22)23)3-4-14(13)17/h3-4,9-11H,5-8,17H2,1-2H3/t11-/m0/s1. The Balaban J connectivity index is 2.04. The van der Waals surface area contributed by atoms with E-state index in [1.165, 1.54) is 19.1 Å². The lowest BCUT2D eigenvalue weighted by molar-refractivity contribution is -0.384. The molecule has 1 saturated heterocycles. The van der Waals surface area contributed by atoms with Crippen molar-refractivity contribution in [2.75, 3.05) is 18.8 Å². The molecule has 0 radical (unpaired) electrons. The van der Waals surface area contributed by atoms with Crippen LogP contribution in [-0.4, -0.2) is 40.9 Å². The zero-order valence-electron chi connectivity index (χ0n) is 13.7. The van der Waals surface area contributed by atoms with Crippen molar-refractivity contribution in [3.05, 3.63) is 33.9 Å². The average Bonchev–Trinajstić information content (AvgIpc) is 2.54. The number of nitrogens with zero attached hydrogens (tertiary/aromatic N) is 2. The highest BCUT2D eigenvalue weighted by Gasteiger charge is 2.28. The van der Waals surface area contributed by atoms with Crippen molar-refractivity contribution in [1.82, 2.24) is 4.90 Å². The van der Waals surface area contributed by atoms with Crippen LogP contribution in [0.1, 0.15) is 37.0 Å². The van der Waals surface area contributed by atoms with Gasteiger partial charge in [0.15, 0.2) is 6.10 Å². The Morgan fingerprint density at radius 2 is 2.00 bits per heavy atom. The molecule has 130 valence electrons. The fourth-order valence-electron chi connectivity index (χ4n) is 2.60. The van der Waals surface area contributed by atoms with E-state index < -0.39 is 17.0 Å². The zero-order valence-corrected chi connectivity index (χ0v) is 13.7. The van der Waals surface area contributed by atoms with Gasteiger partial charge in [0.25, 0.3) is 11.6 Å². The SMILES string of the molecule is CC1CCN(C(=O)[C@H](C)OC(=O)c2cc([N+](=O)[O-])ccc2N)CC1. The van der Waals surface area contributed by atoms with E-state index in [0.29, 0.717) is 19.0 Å². The van der Waals surface area contributed by atoms with E-state index in [9.17, 15) is 19.7 Å². The Bertz CT molecular complexity index is 653. The summed E-state index contributed by atoms with van der Waals surface area (Å²) in [5.41, 5.74) is 5.37. The minimum Gasteiger partial charge on any atom is -0.449 e. The summed E-state index contributed by atoms with van der Waals surface area (Å²) in [4.78, 5) is 36.4. The number of rotatable bonds is 4. The normalized spacial score (nSPS) is 16.5. The molecule has 1 amide bonds. The Labute approximate surface area is 139 Å². The zero-order chi connectivity index (χ0) is 17.9. The van der Waals surface area contributed by atoms with Crippen LogP contribution in [0.5, 0.6) is 0 Å². The Morgan fingerprint density at radius 3 is 2.58 bits per heavy atom. The Hall–Kier alpha value is -2.64. The third-order valence-electron chi connectivity index (χ3n) is 4.19. The number of nitrogen functional groups attached to an aromatic ring is 1. The van der Waals surface area contributed by atoms with Crippen LogP contribution < -0.4 is 5.73 Å². The van der Waals surface area contributed by atoms with Crippen LogP contribution in [0, 0.1) is 16.0 Å². The molecule has 24 heavy (non-hydrogen) atoms. The first-order valence-electron chi connectivity index (χ1n) is 7.83. The average molecular weight is 335 g/mol. The van der Waals surface area contributed by atoms with E-state index in [4.69, 9.17) is 10.5 Å². The van der Waals surface area contributed by atoms with Gasteiger partial charge in [-0.15, -0.1) is 0 Å². The van der Waals surface area contributed by atoms with E-state index >= 15 is 0 Å². The topological polar surface area (TPSA) is 116 Å². The predicted octanol–water partition coefficient (Wildman–Crippen LogP) is 1.98. The summed E-state index contributed by atoms with van der Waals surface area (Å²) in [6.45, 7) is 4.91. The molecule has 1 aliphatic rings. The van der Waals surface area contributed by atoms with Crippen LogP contribution in [0.15, 0.2) is 18.2 Å². The minimum atomic E-state index is -0.968. The molecule has 0 bridgehead atoms. The number of likely N-dealkylation sites (tertiary alicyclic amines) is 1. The summed E-state index contributed by atoms with van der Waals surface area (Å²) < 4.78 is 5.16. The first-order chi connectivity index (χ1) is 11.3. The molecule has 1 fully saturated rings. The molecule has 0 saturated carbocycles. The van der Waals surface area contributed by atoms with Gasteiger partial charge in [0, 0.05) is 30.9 Å². The van der Waals surface area contributed by atoms with Crippen LogP contribution in [0.2, 0.25) is 0 Å². The van der Waals surface area contributed by atoms with Gasteiger partial charge in [0.05, 0.1) is 10.5 Å². The number of carbonyl (C=O) groups is 2. The maximum atomic E-state index is 12.3. The largest absolute Gasteiger partial charge is 0.449 e. The molecule has 1 aliphatic heterocycles. The lowest BCUT2D eigenvalue weighted by Gasteiger charge is -2.31. The number of carbonyl (C=O) groups excluding carboxylic acids is 2.